The van der Waals surface area contributed by atoms with E-state index in [1.807, 2.05) is 66.7 Å². The molecule has 53 heavy (non-hydrogen) atoms. The Morgan fingerprint density at radius 2 is 1.21 bits per heavy atom. The number of hydrogen-bond acceptors (Lipinski definition) is 5. The molecular weight excluding hydrogens is 649 g/mol. The van der Waals surface area contributed by atoms with Gasteiger partial charge in [0.1, 0.15) is 11.2 Å². The smallest absolute Gasteiger partial charge is 0.164 e. The highest BCUT2D eigenvalue weighted by Crippen LogP contribution is 2.57. The van der Waals surface area contributed by atoms with Gasteiger partial charge in [0.25, 0.3) is 0 Å². The van der Waals surface area contributed by atoms with E-state index in [9.17, 15) is 0 Å². The number of para-hydroxylation sites is 1. The van der Waals surface area contributed by atoms with Gasteiger partial charge in [0.2, 0.25) is 0 Å². The number of benzene rings is 6. The largest absolute Gasteiger partial charge is 0.456 e. The summed E-state index contributed by atoms with van der Waals surface area (Å²) in [5, 5.41) is 2.35. The summed E-state index contributed by atoms with van der Waals surface area (Å²) in [6, 6.07) is 46.9. The lowest BCUT2D eigenvalue weighted by molar-refractivity contribution is 0.656. The summed E-state index contributed by atoms with van der Waals surface area (Å²) in [6.45, 7) is 4.74. The molecule has 0 bridgehead atoms. The number of aromatic nitrogens is 3. The molecule has 5 heteroatoms. The van der Waals surface area contributed by atoms with Gasteiger partial charge in [-0.15, -0.1) is 0 Å². The van der Waals surface area contributed by atoms with E-state index in [1.165, 1.54) is 50.0 Å². The zero-order chi connectivity index (χ0) is 35.3. The van der Waals surface area contributed by atoms with Crippen LogP contribution < -0.4 is 4.90 Å². The number of rotatable bonds is 4. The zero-order valence-corrected chi connectivity index (χ0v) is 29.4. The van der Waals surface area contributed by atoms with E-state index in [2.05, 4.69) is 104 Å². The molecule has 0 radical (unpaired) electrons. The fourth-order valence-corrected chi connectivity index (χ4v) is 8.73. The average Bonchev–Trinajstić information content (AvgIpc) is 3.81. The van der Waals surface area contributed by atoms with E-state index in [-0.39, 0.29) is 5.41 Å². The van der Waals surface area contributed by atoms with Gasteiger partial charge in [0, 0.05) is 50.2 Å². The molecule has 1 aliphatic heterocycles. The molecule has 5 nitrogen and oxygen atoms in total. The molecule has 0 fully saturated rings. The molecule has 1 unspecified atom stereocenters. The first-order valence-electron chi connectivity index (χ1n) is 18.3. The highest BCUT2D eigenvalue weighted by Gasteiger charge is 2.42. The van der Waals surface area contributed by atoms with E-state index < -0.39 is 0 Å². The summed E-state index contributed by atoms with van der Waals surface area (Å²) in [7, 11) is 0. The first-order valence-corrected chi connectivity index (χ1v) is 18.3. The van der Waals surface area contributed by atoms with Crippen LogP contribution in [0.3, 0.4) is 0 Å². The van der Waals surface area contributed by atoms with Crippen molar-refractivity contribution in [3.8, 4) is 45.3 Å². The summed E-state index contributed by atoms with van der Waals surface area (Å²) in [6.07, 6.45) is 7.76. The number of hydrogen-bond donors (Lipinski definition) is 0. The standard InChI is InChI=1S/C48H34N4O/c1-48(2)39-25-37-33-17-9-11-19-41(33)52(42(37)27-35(39)36-28-44-38(26-40(36)48)34-18-10-12-20-43(34)53-44)32-23-21-31(22-24-32)47-50-45(29-13-5-3-6-14-29)49-46(51-47)30-15-7-4-8-16-30/h3-16,18-28,33H,17H2,1-2H3. The summed E-state index contributed by atoms with van der Waals surface area (Å²) in [5.74, 6) is 2.26. The minimum atomic E-state index is -0.141. The second kappa shape index (κ2) is 11.2. The maximum absolute atomic E-state index is 6.39. The van der Waals surface area contributed by atoms with Gasteiger partial charge < -0.3 is 9.32 Å². The molecule has 11 rings (SSSR count). The molecule has 2 aliphatic carbocycles. The SMILES string of the molecule is CC1(C)c2cc3c(cc2-c2cc4oc5ccccc5c4cc21)N(c1ccc(-c2nc(-c4ccccc4)nc(-c4ccccc4)n2)cc1)C1=CC=CCC13. The Morgan fingerprint density at radius 3 is 1.91 bits per heavy atom. The van der Waals surface area contributed by atoms with Crippen molar-refractivity contribution in [3.05, 3.63) is 174 Å². The zero-order valence-electron chi connectivity index (χ0n) is 29.4. The van der Waals surface area contributed by atoms with E-state index in [1.54, 1.807) is 0 Å². The Labute approximate surface area is 307 Å². The second-order valence-corrected chi connectivity index (χ2v) is 14.8. The first kappa shape index (κ1) is 30.1. The quantitative estimate of drug-likeness (QED) is 0.185. The Hall–Kier alpha value is -6.59. The predicted octanol–water partition coefficient (Wildman–Crippen LogP) is 12.2. The molecule has 0 saturated heterocycles. The third kappa shape index (κ3) is 4.53. The second-order valence-electron chi connectivity index (χ2n) is 14.8. The van der Waals surface area contributed by atoms with Crippen LogP contribution >= 0.6 is 0 Å². The topological polar surface area (TPSA) is 55.1 Å². The molecule has 8 aromatic rings. The molecule has 2 aromatic heterocycles. The van der Waals surface area contributed by atoms with Crippen LogP contribution in [-0.2, 0) is 5.41 Å². The van der Waals surface area contributed by atoms with Crippen molar-refractivity contribution in [3.63, 3.8) is 0 Å². The van der Waals surface area contributed by atoms with Gasteiger partial charge in [-0.3, -0.25) is 0 Å². The monoisotopic (exact) mass is 682 g/mol. The molecule has 0 N–H and O–H groups in total. The number of furan rings is 1. The molecule has 0 amide bonds. The molecule has 6 aromatic carbocycles. The summed E-state index contributed by atoms with van der Waals surface area (Å²) >= 11 is 0. The van der Waals surface area contributed by atoms with E-state index in [4.69, 9.17) is 19.4 Å². The number of allylic oxidation sites excluding steroid dienone is 4. The third-order valence-corrected chi connectivity index (χ3v) is 11.4. The number of nitrogens with zero attached hydrogens (tertiary/aromatic N) is 4. The van der Waals surface area contributed by atoms with Crippen molar-refractivity contribution in [2.24, 2.45) is 0 Å². The highest BCUT2D eigenvalue weighted by molar-refractivity contribution is 6.07. The van der Waals surface area contributed by atoms with Crippen molar-refractivity contribution >= 4 is 33.3 Å². The first-order chi connectivity index (χ1) is 26.0. The molecule has 3 heterocycles. The maximum atomic E-state index is 6.39. The van der Waals surface area contributed by atoms with Gasteiger partial charge in [-0.1, -0.05) is 111 Å². The Morgan fingerprint density at radius 1 is 0.604 bits per heavy atom. The molecule has 3 aliphatic rings. The van der Waals surface area contributed by atoms with Gasteiger partial charge in [-0.05, 0) is 88.8 Å². The molecule has 252 valence electrons. The Bertz CT molecular complexity index is 2770. The summed E-state index contributed by atoms with van der Waals surface area (Å²) in [5.41, 5.74) is 14.9. The van der Waals surface area contributed by atoms with Crippen molar-refractivity contribution < 1.29 is 4.42 Å². The lowest BCUT2D eigenvalue weighted by atomic mass is 9.80. The minimum Gasteiger partial charge on any atom is -0.456 e. The minimum absolute atomic E-state index is 0.141. The van der Waals surface area contributed by atoms with E-state index in [0.29, 0.717) is 23.4 Å². The van der Waals surface area contributed by atoms with Crippen molar-refractivity contribution in [1.82, 2.24) is 15.0 Å². The van der Waals surface area contributed by atoms with Gasteiger partial charge in [-0.2, -0.15) is 0 Å². The third-order valence-electron chi connectivity index (χ3n) is 11.4. The fraction of sp³-hybridized carbons (Fsp3) is 0.104. The van der Waals surface area contributed by atoms with Crippen LogP contribution in [-0.4, -0.2) is 15.0 Å². The number of anilines is 2. The Balaban J connectivity index is 1.03. The molecular formula is C48H34N4O. The average molecular weight is 683 g/mol. The van der Waals surface area contributed by atoms with Gasteiger partial charge >= 0.3 is 0 Å². The Kier molecular flexibility index (Phi) is 6.36. The van der Waals surface area contributed by atoms with Crippen LogP contribution in [0.2, 0.25) is 0 Å². The van der Waals surface area contributed by atoms with Gasteiger partial charge in [-0.25, -0.2) is 15.0 Å². The van der Waals surface area contributed by atoms with Crippen LogP contribution in [0.25, 0.3) is 67.2 Å². The van der Waals surface area contributed by atoms with Crippen molar-refractivity contribution in [2.45, 2.75) is 31.6 Å². The van der Waals surface area contributed by atoms with Crippen LogP contribution in [0.5, 0.6) is 0 Å². The molecule has 0 saturated carbocycles. The summed E-state index contributed by atoms with van der Waals surface area (Å²) in [4.78, 5) is 17.3. The molecule has 0 spiro atoms. The van der Waals surface area contributed by atoms with Crippen molar-refractivity contribution in [2.75, 3.05) is 4.90 Å². The maximum Gasteiger partial charge on any atom is 0.164 e. The predicted molar refractivity (Wildman–Crippen MR) is 214 cm³/mol. The van der Waals surface area contributed by atoms with Crippen LogP contribution in [0.1, 0.15) is 42.9 Å². The van der Waals surface area contributed by atoms with Crippen molar-refractivity contribution in [1.29, 1.82) is 0 Å². The van der Waals surface area contributed by atoms with Gasteiger partial charge in [0.05, 0.1) is 5.69 Å². The number of fused-ring (bicyclic) bond motifs is 9. The van der Waals surface area contributed by atoms with E-state index in [0.717, 1.165) is 40.0 Å². The lowest BCUT2D eigenvalue weighted by Gasteiger charge is -2.25. The fourth-order valence-electron chi connectivity index (χ4n) is 8.73. The normalized spacial score (nSPS) is 16.4. The van der Waals surface area contributed by atoms with Crippen LogP contribution in [0.15, 0.2) is 162 Å². The van der Waals surface area contributed by atoms with Crippen LogP contribution in [0, 0.1) is 0 Å². The lowest BCUT2D eigenvalue weighted by Crippen LogP contribution is -2.15. The van der Waals surface area contributed by atoms with E-state index >= 15 is 0 Å². The summed E-state index contributed by atoms with van der Waals surface area (Å²) < 4.78 is 6.39. The molecule has 1 atom stereocenters. The highest BCUT2D eigenvalue weighted by atomic mass is 16.3. The van der Waals surface area contributed by atoms with Gasteiger partial charge in [0.15, 0.2) is 17.5 Å². The van der Waals surface area contributed by atoms with Crippen LogP contribution in [0.4, 0.5) is 11.4 Å².